The van der Waals surface area contributed by atoms with E-state index in [2.05, 4.69) is 68.4 Å². The van der Waals surface area contributed by atoms with E-state index in [4.69, 9.17) is 15.1 Å². The number of hydrogen-bond donors (Lipinski definition) is 2. The number of aliphatic imine (C=N–C) groups is 1. The Hall–Kier alpha value is -4.19. The van der Waals surface area contributed by atoms with Crippen LogP contribution in [0.2, 0.25) is 0 Å². The molecule has 6 nitrogen and oxygen atoms in total. The lowest BCUT2D eigenvalue weighted by Crippen LogP contribution is -2.05. The second kappa shape index (κ2) is 23.3. The summed E-state index contributed by atoms with van der Waals surface area (Å²) in [5, 5.41) is 11.3. The number of carbonyl (C=O) groups is 1. The average Bonchev–Trinajstić information content (AvgIpc) is 3.37. The molecule has 0 aliphatic rings. The molecule has 0 spiro atoms. The molecule has 0 fully saturated rings. The quantitative estimate of drug-likeness (QED) is 0.130. The number of allylic oxidation sites excluding steroid dienone is 6. The van der Waals surface area contributed by atoms with Gasteiger partial charge in [0.25, 0.3) is 0 Å². The van der Waals surface area contributed by atoms with E-state index in [9.17, 15) is 4.79 Å². The summed E-state index contributed by atoms with van der Waals surface area (Å²) < 4.78 is 2.38. The second-order valence-electron chi connectivity index (χ2n) is 9.92. The van der Waals surface area contributed by atoms with Gasteiger partial charge in [0.1, 0.15) is 5.82 Å². The molecule has 2 aromatic carbocycles. The van der Waals surface area contributed by atoms with Crippen molar-refractivity contribution in [3.05, 3.63) is 101 Å². The van der Waals surface area contributed by atoms with E-state index in [0.717, 1.165) is 54.7 Å². The highest BCUT2D eigenvalue weighted by Crippen LogP contribution is 2.26. The first-order valence-corrected chi connectivity index (χ1v) is 15.7. The summed E-state index contributed by atoms with van der Waals surface area (Å²) in [5.74, 6) is 0.326. The molecule has 0 saturated heterocycles. The highest BCUT2D eigenvalue weighted by Gasteiger charge is 2.13. The Morgan fingerprint density at radius 3 is 2.32 bits per heavy atom. The average molecular weight is 601 g/mol. The Morgan fingerprint density at radius 2 is 1.82 bits per heavy atom. The number of nitrogens with one attached hydrogen (secondary N) is 1. The smallest absolute Gasteiger partial charge is 0.330 e. The molecule has 0 bridgehead atoms. The van der Waals surface area contributed by atoms with E-state index >= 15 is 0 Å². The molecular weight excluding hydrogens is 544 g/mol. The molecule has 0 radical (unpaired) electrons. The van der Waals surface area contributed by atoms with Gasteiger partial charge >= 0.3 is 5.97 Å². The number of carboxylic acids is 1. The largest absolute Gasteiger partial charge is 0.478 e. The van der Waals surface area contributed by atoms with Crippen LogP contribution >= 0.6 is 0 Å². The van der Waals surface area contributed by atoms with Gasteiger partial charge in [-0.25, -0.2) is 9.78 Å². The van der Waals surface area contributed by atoms with Gasteiger partial charge in [-0.05, 0) is 89.3 Å². The number of rotatable bonds is 11. The second-order valence-corrected chi connectivity index (χ2v) is 9.92. The molecule has 0 aliphatic heterocycles. The molecule has 0 unspecified atom stereocenters. The SMILES string of the molecule is C/C=C(\C)C(=O)O.C=CC/C=C/C.CC.CC/C=C(\C)Cn1c(CCC)nc2c(C)cc(C=Nc3ccccc3NC)cc21. The standard InChI is InChI=1S/C25H32N4.C6H10.C5H8O2.C2H6/c1-6-10-18(3)17-29-23-15-20(14-19(4)25(23)28-24(29)11-7-2)16-27-22-13-9-8-12-21(22)26-5;1-3-5-6-4-2;1-3-4(2)5(6)7;1-2/h8-10,12-16,26H,6-7,11,17H2,1-5H3;3-4,6H,1,5H2,2H3;3H,1-2H3,(H,6,7);1-2H3/b18-10+,27-16?;6-4+;4-3+;. The van der Waals surface area contributed by atoms with E-state index in [1.54, 1.807) is 19.9 Å². The summed E-state index contributed by atoms with van der Waals surface area (Å²) in [4.78, 5) is 19.6. The summed E-state index contributed by atoms with van der Waals surface area (Å²) in [6.07, 6.45) is 15.9. The van der Waals surface area contributed by atoms with Crippen molar-refractivity contribution < 1.29 is 9.90 Å². The minimum atomic E-state index is -0.845. The first-order chi connectivity index (χ1) is 21.2. The number of aryl methyl sites for hydroxylation is 2. The topological polar surface area (TPSA) is 79.5 Å². The van der Waals surface area contributed by atoms with Gasteiger partial charge in [-0.3, -0.25) is 4.99 Å². The minimum Gasteiger partial charge on any atom is -0.478 e. The van der Waals surface area contributed by atoms with Crippen LogP contribution in [0.15, 0.2) is 89.5 Å². The number of nitrogens with zero attached hydrogens (tertiary/aromatic N) is 3. The van der Waals surface area contributed by atoms with Crippen LogP contribution in [0, 0.1) is 6.92 Å². The third kappa shape index (κ3) is 13.9. The summed E-state index contributed by atoms with van der Waals surface area (Å²) in [7, 11) is 1.92. The lowest BCUT2D eigenvalue weighted by Gasteiger charge is -2.10. The zero-order chi connectivity index (χ0) is 33.5. The maximum Gasteiger partial charge on any atom is 0.330 e. The molecule has 240 valence electrons. The Labute approximate surface area is 267 Å². The molecule has 0 aliphatic carbocycles. The molecule has 1 heterocycles. The molecule has 0 amide bonds. The third-order valence-corrected chi connectivity index (χ3v) is 6.41. The van der Waals surface area contributed by atoms with E-state index in [1.165, 1.54) is 22.5 Å². The van der Waals surface area contributed by atoms with Gasteiger partial charge in [-0.1, -0.05) is 75.8 Å². The Morgan fingerprint density at radius 1 is 1.14 bits per heavy atom. The molecule has 2 N–H and O–H groups in total. The molecule has 44 heavy (non-hydrogen) atoms. The van der Waals surface area contributed by atoms with Crippen LogP contribution in [-0.2, 0) is 17.8 Å². The van der Waals surface area contributed by atoms with Gasteiger partial charge in [0.2, 0.25) is 0 Å². The van der Waals surface area contributed by atoms with Crippen LogP contribution < -0.4 is 5.32 Å². The number of benzene rings is 2. The monoisotopic (exact) mass is 600 g/mol. The number of para-hydroxylation sites is 2. The number of hydrogen-bond acceptors (Lipinski definition) is 4. The van der Waals surface area contributed by atoms with Crippen LogP contribution in [0.25, 0.3) is 11.0 Å². The Bertz CT molecular complexity index is 1410. The zero-order valence-corrected chi connectivity index (χ0v) is 28.9. The first-order valence-electron chi connectivity index (χ1n) is 15.7. The van der Waals surface area contributed by atoms with Crippen molar-refractivity contribution in [2.24, 2.45) is 4.99 Å². The van der Waals surface area contributed by atoms with Crippen molar-refractivity contribution in [1.29, 1.82) is 0 Å². The van der Waals surface area contributed by atoms with Crippen molar-refractivity contribution in [2.45, 2.75) is 94.5 Å². The predicted molar refractivity (Wildman–Crippen MR) is 194 cm³/mol. The van der Waals surface area contributed by atoms with Crippen LogP contribution in [0.1, 0.15) is 91.6 Å². The first kappa shape index (κ1) is 39.8. The maximum atomic E-state index is 9.86. The van der Waals surface area contributed by atoms with Crippen molar-refractivity contribution >= 4 is 34.6 Å². The van der Waals surface area contributed by atoms with Gasteiger partial charge in [-0.2, -0.15) is 0 Å². The molecule has 0 saturated carbocycles. The highest BCUT2D eigenvalue weighted by molar-refractivity contribution is 5.91. The maximum absolute atomic E-state index is 9.86. The van der Waals surface area contributed by atoms with E-state index in [-0.39, 0.29) is 0 Å². The van der Waals surface area contributed by atoms with Crippen LogP contribution in [0.4, 0.5) is 11.4 Å². The summed E-state index contributed by atoms with van der Waals surface area (Å²) in [5.41, 5.74) is 8.32. The van der Waals surface area contributed by atoms with Crippen LogP contribution in [0.5, 0.6) is 0 Å². The Kier molecular flexibility index (Phi) is 21.1. The van der Waals surface area contributed by atoms with Crippen molar-refractivity contribution in [3.63, 3.8) is 0 Å². The molecule has 0 atom stereocenters. The fourth-order valence-electron chi connectivity index (χ4n) is 4.09. The number of aliphatic carboxylic acids is 1. The predicted octanol–water partition coefficient (Wildman–Crippen LogP) is 10.6. The van der Waals surface area contributed by atoms with Gasteiger partial charge in [0.05, 0.1) is 22.4 Å². The summed E-state index contributed by atoms with van der Waals surface area (Å²) >= 11 is 0. The van der Waals surface area contributed by atoms with Gasteiger partial charge in [0.15, 0.2) is 0 Å². The third-order valence-electron chi connectivity index (χ3n) is 6.41. The molecule has 3 aromatic rings. The van der Waals surface area contributed by atoms with Crippen molar-refractivity contribution in [1.82, 2.24) is 9.55 Å². The van der Waals surface area contributed by atoms with E-state index in [1.807, 2.05) is 70.5 Å². The number of carboxylic acid groups (broad SMARTS) is 1. The lowest BCUT2D eigenvalue weighted by molar-refractivity contribution is -0.132. The number of fused-ring (bicyclic) bond motifs is 1. The van der Waals surface area contributed by atoms with E-state index < -0.39 is 5.97 Å². The molecule has 6 heteroatoms. The Balaban J connectivity index is 0.00000103. The van der Waals surface area contributed by atoms with Gasteiger partial charge in [0, 0.05) is 31.8 Å². The fourth-order valence-corrected chi connectivity index (χ4v) is 4.09. The fraction of sp³-hybridized carbons (Fsp3) is 0.395. The van der Waals surface area contributed by atoms with E-state index in [0.29, 0.717) is 5.57 Å². The van der Waals surface area contributed by atoms with Gasteiger partial charge < -0.3 is 15.0 Å². The highest BCUT2D eigenvalue weighted by atomic mass is 16.4. The molecular formula is C38H56N4O2. The van der Waals surface area contributed by atoms with Crippen molar-refractivity contribution in [3.8, 4) is 0 Å². The molecule has 3 rings (SSSR count). The van der Waals surface area contributed by atoms with Crippen LogP contribution in [-0.4, -0.2) is 33.9 Å². The van der Waals surface area contributed by atoms with Gasteiger partial charge in [-0.15, -0.1) is 6.58 Å². The summed E-state index contributed by atoms with van der Waals surface area (Å²) in [6, 6.07) is 12.5. The van der Waals surface area contributed by atoms with Crippen LogP contribution in [0.3, 0.4) is 0 Å². The lowest BCUT2D eigenvalue weighted by atomic mass is 10.1. The summed E-state index contributed by atoms with van der Waals surface area (Å²) in [6.45, 7) is 22.4. The number of anilines is 1. The minimum absolute atomic E-state index is 0.389. The normalized spacial score (nSPS) is 11.3. The number of imidazole rings is 1. The number of aromatic nitrogens is 2. The molecule has 1 aromatic heterocycles. The zero-order valence-electron chi connectivity index (χ0n) is 28.9. The van der Waals surface area contributed by atoms with Crippen molar-refractivity contribution in [2.75, 3.05) is 12.4 Å².